The topological polar surface area (TPSA) is 64.0 Å². The largest absolute Gasteiger partial charge is 0.306 e. The molecular formula is C20H19N3O2S. The summed E-state index contributed by atoms with van der Waals surface area (Å²) < 4.78 is 1.37. The summed E-state index contributed by atoms with van der Waals surface area (Å²) in [6.07, 6.45) is 6.40. The molecule has 2 heterocycles. The van der Waals surface area contributed by atoms with E-state index >= 15 is 0 Å². The maximum absolute atomic E-state index is 12.2. The van der Waals surface area contributed by atoms with E-state index in [1.807, 2.05) is 5.38 Å². The van der Waals surface area contributed by atoms with E-state index in [1.54, 1.807) is 18.3 Å². The average molecular weight is 365 g/mol. The van der Waals surface area contributed by atoms with Crippen LogP contribution < -0.4 is 10.9 Å². The number of rotatable bonds is 4. The zero-order valence-electron chi connectivity index (χ0n) is 14.3. The Bertz CT molecular complexity index is 1010. The molecule has 2 aromatic heterocycles. The Hall–Kier alpha value is -2.73. The van der Waals surface area contributed by atoms with Crippen LogP contribution in [0.2, 0.25) is 0 Å². The minimum atomic E-state index is -0.260. The average Bonchev–Trinajstić information content (AvgIpc) is 3.11. The highest BCUT2D eigenvalue weighted by molar-refractivity contribution is 7.14. The van der Waals surface area contributed by atoms with Crippen molar-refractivity contribution in [1.82, 2.24) is 9.55 Å². The van der Waals surface area contributed by atoms with Crippen molar-refractivity contribution in [3.8, 4) is 11.3 Å². The van der Waals surface area contributed by atoms with Crippen molar-refractivity contribution in [3.63, 3.8) is 0 Å². The molecule has 3 aromatic rings. The molecule has 1 amide bonds. The van der Waals surface area contributed by atoms with E-state index in [-0.39, 0.29) is 18.0 Å². The van der Waals surface area contributed by atoms with Gasteiger partial charge in [0, 0.05) is 23.2 Å². The van der Waals surface area contributed by atoms with Gasteiger partial charge in [0.05, 0.1) is 5.69 Å². The molecule has 0 saturated heterocycles. The summed E-state index contributed by atoms with van der Waals surface area (Å²) in [4.78, 5) is 28.4. The van der Waals surface area contributed by atoms with Crippen LogP contribution >= 0.6 is 11.3 Å². The molecule has 1 aromatic carbocycles. The molecular weight excluding hydrogens is 346 g/mol. The molecule has 1 aliphatic carbocycles. The van der Waals surface area contributed by atoms with Crippen LogP contribution in [-0.2, 0) is 24.2 Å². The Balaban J connectivity index is 1.47. The number of carbonyl (C=O) groups is 1. The van der Waals surface area contributed by atoms with E-state index in [1.165, 1.54) is 45.9 Å². The van der Waals surface area contributed by atoms with E-state index in [0.717, 1.165) is 24.1 Å². The molecule has 0 aliphatic heterocycles. The minimum absolute atomic E-state index is 0.0204. The lowest BCUT2D eigenvalue weighted by Crippen LogP contribution is -2.26. The van der Waals surface area contributed by atoms with Gasteiger partial charge in [0.2, 0.25) is 5.91 Å². The second-order valence-electron chi connectivity index (χ2n) is 6.44. The van der Waals surface area contributed by atoms with Gasteiger partial charge in [0.25, 0.3) is 5.56 Å². The van der Waals surface area contributed by atoms with Crippen molar-refractivity contribution < 1.29 is 4.79 Å². The number of nitrogens with zero attached hydrogens (tertiary/aromatic N) is 2. The van der Waals surface area contributed by atoms with Gasteiger partial charge in [-0.25, -0.2) is 4.98 Å². The summed E-state index contributed by atoms with van der Waals surface area (Å²) in [6, 6.07) is 11.3. The Morgan fingerprint density at radius 3 is 2.85 bits per heavy atom. The van der Waals surface area contributed by atoms with Crippen molar-refractivity contribution >= 4 is 22.4 Å². The predicted molar refractivity (Wildman–Crippen MR) is 104 cm³/mol. The Morgan fingerprint density at radius 2 is 2.00 bits per heavy atom. The van der Waals surface area contributed by atoms with Crippen LogP contribution in [0, 0.1) is 0 Å². The lowest BCUT2D eigenvalue weighted by molar-refractivity contribution is -0.116. The zero-order chi connectivity index (χ0) is 17.9. The number of thiazole rings is 1. The minimum Gasteiger partial charge on any atom is -0.306 e. The van der Waals surface area contributed by atoms with E-state index in [0.29, 0.717) is 5.13 Å². The number of hydrogen-bond donors (Lipinski definition) is 1. The van der Waals surface area contributed by atoms with Crippen LogP contribution in [0.4, 0.5) is 5.13 Å². The highest BCUT2D eigenvalue weighted by Crippen LogP contribution is 2.29. The highest BCUT2D eigenvalue weighted by atomic mass is 32.1. The third kappa shape index (κ3) is 3.60. The third-order valence-corrected chi connectivity index (χ3v) is 5.37. The van der Waals surface area contributed by atoms with Gasteiger partial charge in [-0.1, -0.05) is 18.2 Å². The summed E-state index contributed by atoms with van der Waals surface area (Å²) in [5, 5.41) is 5.28. The first-order chi connectivity index (χ1) is 12.7. The lowest BCUT2D eigenvalue weighted by Gasteiger charge is -2.16. The molecule has 5 nitrogen and oxygen atoms in total. The number of hydrogen-bond acceptors (Lipinski definition) is 4. The van der Waals surface area contributed by atoms with Crippen molar-refractivity contribution in [2.75, 3.05) is 5.32 Å². The highest BCUT2D eigenvalue weighted by Gasteiger charge is 2.13. The fraction of sp³-hybridized carbons (Fsp3) is 0.250. The summed E-state index contributed by atoms with van der Waals surface area (Å²) in [5.74, 6) is -0.260. The van der Waals surface area contributed by atoms with Gasteiger partial charge >= 0.3 is 0 Å². The van der Waals surface area contributed by atoms with Crippen LogP contribution in [0.3, 0.4) is 0 Å². The molecule has 0 radical (unpaired) electrons. The molecule has 1 aliphatic rings. The normalized spacial score (nSPS) is 13.2. The molecule has 0 saturated carbocycles. The molecule has 0 fully saturated rings. The number of aryl methyl sites for hydroxylation is 2. The first kappa shape index (κ1) is 16.7. The molecule has 6 heteroatoms. The summed E-state index contributed by atoms with van der Waals surface area (Å²) in [5.41, 5.74) is 4.61. The van der Waals surface area contributed by atoms with E-state index in [9.17, 15) is 9.59 Å². The second kappa shape index (κ2) is 7.25. The molecule has 0 unspecified atom stereocenters. The van der Waals surface area contributed by atoms with Crippen LogP contribution in [0.5, 0.6) is 0 Å². The third-order valence-electron chi connectivity index (χ3n) is 4.61. The number of carbonyl (C=O) groups excluding carboxylic acids is 1. The zero-order valence-corrected chi connectivity index (χ0v) is 15.1. The van der Waals surface area contributed by atoms with Crippen molar-refractivity contribution in [3.05, 3.63) is 69.5 Å². The van der Waals surface area contributed by atoms with E-state index in [4.69, 9.17) is 0 Å². The Kier molecular flexibility index (Phi) is 4.67. The quantitative estimate of drug-likeness (QED) is 0.770. The molecule has 4 rings (SSSR count). The standard InChI is InChI=1S/C20H19N3O2S/c24-18(12-23-10-4-3-7-19(23)25)22-20-21-17(13-26-20)16-9-8-14-5-1-2-6-15(14)11-16/h3-4,7-11,13H,1-2,5-6,12H2,(H,21,22,24). The van der Waals surface area contributed by atoms with Gasteiger partial charge < -0.3 is 9.88 Å². The molecule has 0 spiro atoms. The fourth-order valence-corrected chi connectivity index (χ4v) is 4.00. The van der Waals surface area contributed by atoms with Crippen molar-refractivity contribution in [1.29, 1.82) is 0 Å². The monoisotopic (exact) mass is 365 g/mol. The van der Waals surface area contributed by atoms with Gasteiger partial charge in [-0.3, -0.25) is 9.59 Å². The maximum Gasteiger partial charge on any atom is 0.250 e. The van der Waals surface area contributed by atoms with Crippen LogP contribution in [0.25, 0.3) is 11.3 Å². The van der Waals surface area contributed by atoms with Crippen LogP contribution in [0.15, 0.2) is 52.8 Å². The Labute approximate surface area is 155 Å². The summed E-state index contributed by atoms with van der Waals surface area (Å²) in [7, 11) is 0. The van der Waals surface area contributed by atoms with E-state index < -0.39 is 0 Å². The van der Waals surface area contributed by atoms with Crippen molar-refractivity contribution in [2.45, 2.75) is 32.2 Å². The van der Waals surface area contributed by atoms with Crippen LogP contribution in [-0.4, -0.2) is 15.5 Å². The van der Waals surface area contributed by atoms with Gasteiger partial charge in [-0.15, -0.1) is 11.3 Å². The van der Waals surface area contributed by atoms with Gasteiger partial charge in [0.15, 0.2) is 5.13 Å². The SMILES string of the molecule is O=C(Cn1ccccc1=O)Nc1nc(-c2ccc3c(c2)CCCC3)cs1. The van der Waals surface area contributed by atoms with Crippen molar-refractivity contribution in [2.24, 2.45) is 0 Å². The van der Waals surface area contributed by atoms with E-state index in [2.05, 4.69) is 28.5 Å². The molecule has 0 bridgehead atoms. The first-order valence-electron chi connectivity index (χ1n) is 8.72. The number of anilines is 1. The number of aromatic nitrogens is 2. The second-order valence-corrected chi connectivity index (χ2v) is 7.30. The molecule has 132 valence electrons. The smallest absolute Gasteiger partial charge is 0.250 e. The lowest BCUT2D eigenvalue weighted by atomic mass is 9.90. The number of pyridine rings is 1. The fourth-order valence-electron chi connectivity index (χ4n) is 3.26. The molecule has 1 N–H and O–H groups in total. The number of benzene rings is 1. The molecule has 26 heavy (non-hydrogen) atoms. The number of nitrogens with one attached hydrogen (secondary N) is 1. The van der Waals surface area contributed by atoms with Gasteiger partial charge in [-0.2, -0.15) is 0 Å². The number of amides is 1. The molecule has 0 atom stereocenters. The van der Waals surface area contributed by atoms with Gasteiger partial charge in [-0.05, 0) is 48.9 Å². The summed E-state index contributed by atoms with van der Waals surface area (Å²) >= 11 is 1.39. The first-order valence-corrected chi connectivity index (χ1v) is 9.60. The predicted octanol–water partition coefficient (Wildman–Crippen LogP) is 3.49. The van der Waals surface area contributed by atoms with Gasteiger partial charge in [0.1, 0.15) is 6.54 Å². The number of fused-ring (bicyclic) bond motifs is 1. The Morgan fingerprint density at radius 1 is 1.15 bits per heavy atom. The van der Waals surface area contributed by atoms with Crippen LogP contribution in [0.1, 0.15) is 24.0 Å². The summed E-state index contributed by atoms with van der Waals surface area (Å²) in [6.45, 7) is -0.0204. The maximum atomic E-state index is 12.2.